The lowest BCUT2D eigenvalue weighted by Crippen LogP contribution is -2.44. The van der Waals surface area contributed by atoms with Crippen molar-refractivity contribution >= 4 is 80.9 Å². The summed E-state index contributed by atoms with van der Waals surface area (Å²) < 4.78 is 0. The van der Waals surface area contributed by atoms with E-state index in [4.69, 9.17) is 21.7 Å². The summed E-state index contributed by atoms with van der Waals surface area (Å²) in [6.07, 6.45) is 2.72. The zero-order valence-corrected chi connectivity index (χ0v) is 32.7. The van der Waals surface area contributed by atoms with Crippen LogP contribution in [0.5, 0.6) is 0 Å². The van der Waals surface area contributed by atoms with Gasteiger partial charge >= 0.3 is 11.9 Å². The molecular weight excluding hydrogens is 773 g/mol. The smallest absolute Gasteiger partial charge is 0.305 e. The summed E-state index contributed by atoms with van der Waals surface area (Å²) in [6.45, 7) is 0.820. The van der Waals surface area contributed by atoms with Gasteiger partial charge in [0.05, 0.1) is 24.9 Å². The van der Waals surface area contributed by atoms with Gasteiger partial charge in [0.25, 0.3) is 0 Å². The number of hydrogen-bond acceptors (Lipinski definition) is 12. The molecule has 0 aliphatic heterocycles. The number of hydrogen-bond donors (Lipinski definition) is 8. The predicted octanol–water partition coefficient (Wildman–Crippen LogP) is 3.65. The lowest BCUT2D eigenvalue weighted by Gasteiger charge is -2.10. The van der Waals surface area contributed by atoms with Gasteiger partial charge in [0, 0.05) is 90.2 Å². The standard InChI is InChI=1S/C36H44N6O8S4/c37-25(17-33(45)46)35(49)41-13-11-39-31(43)5-1-3-23-7-9-27(53-23)21-15-29(51-19-21)30-16-22(20-52-30)28-10-8-24(54-28)4-2-6-32(44)40-12-14-42-36(50)26(38)18-34(47)48/h7-10,15-16,19-20,25-26H,1-6,11-14,17-18,37-38H2,(H,39,43)(H,40,44)(H,41,49)(H,42,50)(H,45,46)(H,47,48)/t25-,26-/m0/s1. The van der Waals surface area contributed by atoms with Crippen molar-refractivity contribution < 1.29 is 39.0 Å². The monoisotopic (exact) mass is 816 g/mol. The molecule has 18 heteroatoms. The number of rotatable bonds is 23. The summed E-state index contributed by atoms with van der Waals surface area (Å²) in [5, 5.41) is 32.3. The Hall–Kier alpha value is -4.46. The first-order valence-corrected chi connectivity index (χ1v) is 20.7. The van der Waals surface area contributed by atoms with E-state index < -0.39 is 48.7 Å². The van der Waals surface area contributed by atoms with Crippen LogP contribution < -0.4 is 32.7 Å². The number of carbonyl (C=O) groups is 6. The second-order valence-corrected chi connectivity index (χ2v) is 16.5. The minimum atomic E-state index is -1.15. The van der Waals surface area contributed by atoms with Crippen molar-refractivity contribution in [2.24, 2.45) is 11.5 Å². The molecule has 14 nitrogen and oxygen atoms in total. The fraction of sp³-hybridized carbons (Fsp3) is 0.389. The van der Waals surface area contributed by atoms with Crippen molar-refractivity contribution in [3.63, 3.8) is 0 Å². The zero-order chi connectivity index (χ0) is 39.0. The van der Waals surface area contributed by atoms with Crippen molar-refractivity contribution in [1.82, 2.24) is 21.3 Å². The lowest BCUT2D eigenvalue weighted by molar-refractivity contribution is -0.139. The molecule has 0 bridgehead atoms. The second kappa shape index (κ2) is 21.4. The molecule has 0 unspecified atom stereocenters. The Morgan fingerprint density at radius 2 is 0.963 bits per heavy atom. The van der Waals surface area contributed by atoms with Crippen LogP contribution in [0.2, 0.25) is 0 Å². The number of carboxylic acids is 2. The Bertz CT molecular complexity index is 1760. The second-order valence-electron chi connectivity index (χ2n) is 12.3. The third-order valence-electron chi connectivity index (χ3n) is 7.94. The molecule has 4 aromatic rings. The van der Waals surface area contributed by atoms with Crippen molar-refractivity contribution in [2.75, 3.05) is 26.2 Å². The van der Waals surface area contributed by atoms with E-state index >= 15 is 0 Å². The van der Waals surface area contributed by atoms with Crippen molar-refractivity contribution in [2.45, 2.75) is 63.5 Å². The predicted molar refractivity (Wildman–Crippen MR) is 213 cm³/mol. The normalized spacial score (nSPS) is 12.1. The lowest BCUT2D eigenvalue weighted by atomic mass is 10.2. The molecule has 4 amide bonds. The van der Waals surface area contributed by atoms with Gasteiger partial charge in [0.15, 0.2) is 0 Å². The third-order valence-corrected chi connectivity index (χ3v) is 12.4. The molecule has 4 rings (SSSR count). The van der Waals surface area contributed by atoms with Crippen LogP contribution in [0.4, 0.5) is 0 Å². The number of carboxylic acid groups (broad SMARTS) is 2. The number of carbonyl (C=O) groups excluding carboxylic acids is 4. The van der Waals surface area contributed by atoms with Gasteiger partial charge in [-0.05, 0) is 62.1 Å². The summed E-state index contributed by atoms with van der Waals surface area (Å²) in [7, 11) is 0. The fourth-order valence-electron chi connectivity index (χ4n) is 5.15. The molecule has 0 saturated heterocycles. The highest BCUT2D eigenvalue weighted by atomic mass is 32.1. The van der Waals surface area contributed by atoms with Gasteiger partial charge in [0.2, 0.25) is 23.6 Å². The molecular formula is C36H44N6O8S4. The van der Waals surface area contributed by atoms with Crippen LogP contribution in [0.15, 0.2) is 47.2 Å². The maximum absolute atomic E-state index is 12.2. The molecule has 0 fully saturated rings. The topological polar surface area (TPSA) is 243 Å². The highest BCUT2D eigenvalue weighted by Gasteiger charge is 2.18. The first kappa shape index (κ1) is 42.3. The van der Waals surface area contributed by atoms with Crippen molar-refractivity contribution in [3.8, 4) is 30.6 Å². The van der Waals surface area contributed by atoms with E-state index in [1.165, 1.54) is 29.3 Å². The first-order chi connectivity index (χ1) is 25.9. The van der Waals surface area contributed by atoms with Gasteiger partial charge in [-0.1, -0.05) is 0 Å². The van der Waals surface area contributed by atoms with Gasteiger partial charge in [-0.25, -0.2) is 0 Å². The van der Waals surface area contributed by atoms with Gasteiger partial charge < -0.3 is 42.9 Å². The Labute approximate surface area is 328 Å². The Morgan fingerprint density at radius 1 is 0.574 bits per heavy atom. The summed E-state index contributed by atoms with van der Waals surface area (Å²) >= 11 is 6.84. The van der Waals surface area contributed by atoms with Crippen LogP contribution in [-0.2, 0) is 41.6 Å². The van der Waals surface area contributed by atoms with E-state index in [2.05, 4.69) is 68.4 Å². The molecule has 2 atom stereocenters. The molecule has 54 heavy (non-hydrogen) atoms. The quantitative estimate of drug-likeness (QED) is 0.0506. The molecule has 0 aliphatic rings. The van der Waals surface area contributed by atoms with Crippen LogP contribution in [0.25, 0.3) is 30.6 Å². The highest BCUT2D eigenvalue weighted by Crippen LogP contribution is 2.41. The number of nitrogens with two attached hydrogens (primary N) is 2. The van der Waals surface area contributed by atoms with Gasteiger partial charge in [0.1, 0.15) is 0 Å². The molecule has 0 saturated carbocycles. The number of amides is 4. The number of thiophene rings is 4. The van der Waals surface area contributed by atoms with Crippen molar-refractivity contribution in [3.05, 3.63) is 56.9 Å². The van der Waals surface area contributed by atoms with Crippen molar-refractivity contribution in [1.29, 1.82) is 0 Å². The third kappa shape index (κ3) is 14.1. The average Bonchev–Trinajstić information content (AvgIpc) is 3.95. The molecule has 0 aromatic carbocycles. The number of nitrogens with one attached hydrogen (secondary N) is 4. The summed E-state index contributed by atoms with van der Waals surface area (Å²) in [4.78, 5) is 76.3. The van der Waals surface area contributed by atoms with E-state index in [1.807, 2.05) is 0 Å². The van der Waals surface area contributed by atoms with Crippen LogP contribution >= 0.6 is 45.3 Å². The van der Waals surface area contributed by atoms with Crippen LogP contribution in [0.3, 0.4) is 0 Å². The van der Waals surface area contributed by atoms with E-state index in [0.29, 0.717) is 25.7 Å². The summed E-state index contributed by atoms with van der Waals surface area (Å²) in [5.74, 6) is -3.66. The molecule has 0 aliphatic carbocycles. The zero-order valence-electron chi connectivity index (χ0n) is 29.4. The molecule has 290 valence electrons. The van der Waals surface area contributed by atoms with Crippen LogP contribution in [0.1, 0.15) is 48.3 Å². The molecule has 0 spiro atoms. The Balaban J connectivity index is 1.14. The molecule has 4 heterocycles. The highest BCUT2D eigenvalue weighted by molar-refractivity contribution is 7.21. The van der Waals surface area contributed by atoms with Crippen LogP contribution in [-0.4, -0.2) is 84.0 Å². The van der Waals surface area contributed by atoms with Gasteiger partial charge in [-0.15, -0.1) is 45.3 Å². The van der Waals surface area contributed by atoms with Gasteiger partial charge in [-0.2, -0.15) is 0 Å². The maximum Gasteiger partial charge on any atom is 0.305 e. The minimum absolute atomic E-state index is 0.116. The van der Waals surface area contributed by atoms with Gasteiger partial charge in [-0.3, -0.25) is 28.8 Å². The SMILES string of the molecule is N[C@@H](CC(=O)O)C(=O)NCCNC(=O)CCCc1ccc(-c2csc(-c3cc(-c4ccc(CCCC(=O)NCCNC(=O)[C@@H](N)CC(=O)O)s4)cs3)c2)s1. The van der Waals surface area contributed by atoms with Crippen LogP contribution in [0, 0.1) is 0 Å². The largest absolute Gasteiger partial charge is 0.481 e. The molecule has 4 aromatic heterocycles. The summed E-state index contributed by atoms with van der Waals surface area (Å²) in [6, 6.07) is 10.6. The first-order valence-electron chi connectivity index (χ1n) is 17.3. The minimum Gasteiger partial charge on any atom is -0.481 e. The van der Waals surface area contributed by atoms with E-state index in [-0.39, 0.29) is 38.0 Å². The Morgan fingerprint density at radius 3 is 1.35 bits per heavy atom. The number of aryl methyl sites for hydroxylation is 2. The van der Waals surface area contributed by atoms with E-state index in [1.54, 1.807) is 45.3 Å². The maximum atomic E-state index is 12.2. The fourth-order valence-corrected chi connectivity index (χ4v) is 9.30. The number of aliphatic carboxylic acids is 2. The average molecular weight is 817 g/mol. The van der Waals surface area contributed by atoms with E-state index in [0.717, 1.165) is 24.0 Å². The molecule has 10 N–H and O–H groups in total. The molecule has 0 radical (unpaired) electrons. The Kier molecular flexibility index (Phi) is 16.8. The summed E-state index contributed by atoms with van der Waals surface area (Å²) in [5.41, 5.74) is 13.3. The van der Waals surface area contributed by atoms with E-state index in [9.17, 15) is 28.8 Å².